The number of aliphatic carboxylic acids is 1. The lowest BCUT2D eigenvalue weighted by atomic mass is 10.2. The molecule has 4 heteroatoms. The van der Waals surface area contributed by atoms with Gasteiger partial charge in [-0.3, -0.25) is 4.79 Å². The standard InChI is InChI=1S/C8H12O4/c1-12-8(11)6-4-2-3-5-7(9)10/h3,5H,2,4,6H2,1H3,(H,9,10). The normalized spacial score (nSPS) is 10.1. The first-order valence-electron chi connectivity index (χ1n) is 3.63. The highest BCUT2D eigenvalue weighted by Gasteiger charge is 1.96. The van der Waals surface area contributed by atoms with Gasteiger partial charge in [-0.05, 0) is 12.8 Å². The number of carboxylic acid groups (broad SMARTS) is 1. The Hall–Kier alpha value is -1.32. The van der Waals surface area contributed by atoms with Gasteiger partial charge in [0.25, 0.3) is 0 Å². The van der Waals surface area contributed by atoms with Crippen molar-refractivity contribution in [1.82, 2.24) is 0 Å². The molecule has 4 nitrogen and oxygen atoms in total. The van der Waals surface area contributed by atoms with Crippen LogP contribution in [0.5, 0.6) is 0 Å². The van der Waals surface area contributed by atoms with Gasteiger partial charge in [0.2, 0.25) is 0 Å². The summed E-state index contributed by atoms with van der Waals surface area (Å²) in [6, 6.07) is 0. The van der Waals surface area contributed by atoms with Gasteiger partial charge < -0.3 is 9.84 Å². The van der Waals surface area contributed by atoms with Crippen LogP contribution in [-0.4, -0.2) is 24.2 Å². The van der Waals surface area contributed by atoms with Gasteiger partial charge in [-0.2, -0.15) is 0 Å². The third kappa shape index (κ3) is 6.80. The summed E-state index contributed by atoms with van der Waals surface area (Å²) in [5.41, 5.74) is 0. The van der Waals surface area contributed by atoms with E-state index in [1.54, 1.807) is 0 Å². The molecule has 0 aliphatic heterocycles. The summed E-state index contributed by atoms with van der Waals surface area (Å²) in [4.78, 5) is 20.5. The maximum Gasteiger partial charge on any atom is 0.327 e. The van der Waals surface area contributed by atoms with Crippen LogP contribution in [0, 0.1) is 0 Å². The monoisotopic (exact) mass is 172 g/mol. The zero-order valence-corrected chi connectivity index (χ0v) is 6.95. The van der Waals surface area contributed by atoms with Gasteiger partial charge in [-0.1, -0.05) is 6.08 Å². The number of unbranched alkanes of at least 4 members (excludes halogenated alkanes) is 1. The van der Waals surface area contributed by atoms with Crippen molar-refractivity contribution in [3.05, 3.63) is 12.2 Å². The summed E-state index contributed by atoms with van der Waals surface area (Å²) >= 11 is 0. The van der Waals surface area contributed by atoms with Crippen molar-refractivity contribution >= 4 is 11.9 Å². The second-order valence-electron chi connectivity index (χ2n) is 2.21. The lowest BCUT2D eigenvalue weighted by Crippen LogP contribution is -1.98. The molecule has 0 fully saturated rings. The van der Waals surface area contributed by atoms with Crippen molar-refractivity contribution in [2.75, 3.05) is 7.11 Å². The Bertz CT molecular complexity index is 183. The van der Waals surface area contributed by atoms with E-state index in [4.69, 9.17) is 5.11 Å². The van der Waals surface area contributed by atoms with Crippen LogP contribution in [0.15, 0.2) is 12.2 Å². The molecule has 0 spiro atoms. The average molecular weight is 172 g/mol. The number of carboxylic acids is 1. The minimum Gasteiger partial charge on any atom is -0.478 e. The van der Waals surface area contributed by atoms with E-state index in [2.05, 4.69) is 4.74 Å². The predicted molar refractivity (Wildman–Crippen MR) is 42.6 cm³/mol. The van der Waals surface area contributed by atoms with Crippen LogP contribution < -0.4 is 0 Å². The molecule has 0 aromatic rings. The maximum absolute atomic E-state index is 10.5. The first kappa shape index (κ1) is 10.7. The molecular weight excluding hydrogens is 160 g/mol. The Morgan fingerprint density at radius 3 is 2.67 bits per heavy atom. The molecule has 0 radical (unpaired) electrons. The third-order valence-electron chi connectivity index (χ3n) is 1.24. The van der Waals surface area contributed by atoms with E-state index in [9.17, 15) is 9.59 Å². The van der Waals surface area contributed by atoms with E-state index in [-0.39, 0.29) is 5.97 Å². The minimum atomic E-state index is -0.965. The van der Waals surface area contributed by atoms with Crippen LogP contribution in [0.25, 0.3) is 0 Å². The molecular formula is C8H12O4. The molecule has 0 saturated heterocycles. The smallest absolute Gasteiger partial charge is 0.327 e. The van der Waals surface area contributed by atoms with E-state index in [1.807, 2.05) is 0 Å². The number of hydrogen-bond acceptors (Lipinski definition) is 3. The highest BCUT2D eigenvalue weighted by molar-refractivity contribution is 5.79. The number of carbonyl (C=O) groups excluding carboxylic acids is 1. The fraction of sp³-hybridized carbons (Fsp3) is 0.500. The SMILES string of the molecule is COC(=O)CCCC=CC(=O)O. The molecule has 1 N–H and O–H groups in total. The number of ether oxygens (including phenoxy) is 1. The van der Waals surface area contributed by atoms with E-state index in [1.165, 1.54) is 13.2 Å². The van der Waals surface area contributed by atoms with Crippen LogP contribution in [0.3, 0.4) is 0 Å². The lowest BCUT2D eigenvalue weighted by molar-refractivity contribution is -0.140. The van der Waals surface area contributed by atoms with Crippen molar-refractivity contribution in [1.29, 1.82) is 0 Å². The van der Waals surface area contributed by atoms with Crippen LogP contribution >= 0.6 is 0 Å². The Morgan fingerprint density at radius 1 is 1.50 bits per heavy atom. The van der Waals surface area contributed by atoms with Crippen molar-refractivity contribution in [3.8, 4) is 0 Å². The summed E-state index contributed by atoms with van der Waals surface area (Å²) in [5.74, 6) is -1.23. The fourth-order valence-electron chi connectivity index (χ4n) is 0.650. The van der Waals surface area contributed by atoms with Gasteiger partial charge in [0.1, 0.15) is 0 Å². The van der Waals surface area contributed by atoms with Gasteiger partial charge in [0.05, 0.1) is 7.11 Å². The van der Waals surface area contributed by atoms with Crippen molar-refractivity contribution < 1.29 is 19.4 Å². The first-order valence-corrected chi connectivity index (χ1v) is 3.63. The molecule has 0 saturated carbocycles. The molecule has 68 valence electrons. The largest absolute Gasteiger partial charge is 0.478 e. The molecule has 0 heterocycles. The Labute approximate surface area is 70.8 Å². The van der Waals surface area contributed by atoms with Gasteiger partial charge in [-0.15, -0.1) is 0 Å². The number of carbonyl (C=O) groups is 2. The van der Waals surface area contributed by atoms with E-state index in [0.717, 1.165) is 6.08 Å². The summed E-state index contributed by atoms with van der Waals surface area (Å²) in [5, 5.41) is 8.19. The van der Waals surface area contributed by atoms with Crippen molar-refractivity contribution in [2.45, 2.75) is 19.3 Å². The van der Waals surface area contributed by atoms with Gasteiger partial charge in [0, 0.05) is 12.5 Å². The van der Waals surface area contributed by atoms with E-state index >= 15 is 0 Å². The number of rotatable bonds is 5. The number of methoxy groups -OCH3 is 1. The van der Waals surface area contributed by atoms with Crippen LogP contribution in [0.4, 0.5) is 0 Å². The molecule has 0 aliphatic carbocycles. The topological polar surface area (TPSA) is 63.6 Å². The average Bonchev–Trinajstić information content (AvgIpc) is 2.03. The number of esters is 1. The molecule has 12 heavy (non-hydrogen) atoms. The Balaban J connectivity index is 3.33. The van der Waals surface area contributed by atoms with Crippen LogP contribution in [0.1, 0.15) is 19.3 Å². The van der Waals surface area contributed by atoms with E-state index < -0.39 is 5.97 Å². The molecule has 0 amide bonds. The highest BCUT2D eigenvalue weighted by atomic mass is 16.5. The molecule has 0 aliphatic rings. The first-order chi connectivity index (χ1) is 5.66. The van der Waals surface area contributed by atoms with Gasteiger partial charge in [0.15, 0.2) is 0 Å². The molecule has 0 rings (SSSR count). The zero-order valence-electron chi connectivity index (χ0n) is 6.95. The quantitative estimate of drug-likeness (QED) is 0.381. The second-order valence-corrected chi connectivity index (χ2v) is 2.21. The lowest BCUT2D eigenvalue weighted by Gasteiger charge is -1.94. The molecule has 0 aromatic carbocycles. The van der Waals surface area contributed by atoms with Crippen molar-refractivity contribution in [3.63, 3.8) is 0 Å². The van der Waals surface area contributed by atoms with Gasteiger partial charge >= 0.3 is 11.9 Å². The third-order valence-corrected chi connectivity index (χ3v) is 1.24. The highest BCUT2D eigenvalue weighted by Crippen LogP contribution is 1.97. The minimum absolute atomic E-state index is 0.265. The summed E-state index contributed by atoms with van der Waals surface area (Å²) < 4.78 is 4.40. The molecule has 0 aromatic heterocycles. The number of hydrogen-bond donors (Lipinski definition) is 1. The molecule has 0 bridgehead atoms. The predicted octanol–water partition coefficient (Wildman–Crippen LogP) is 0.970. The van der Waals surface area contributed by atoms with Crippen LogP contribution in [0.2, 0.25) is 0 Å². The van der Waals surface area contributed by atoms with Crippen LogP contribution in [-0.2, 0) is 14.3 Å². The summed E-state index contributed by atoms with van der Waals surface area (Å²) in [7, 11) is 1.33. The Kier molecular flexibility index (Phi) is 5.69. The van der Waals surface area contributed by atoms with Crippen molar-refractivity contribution in [2.24, 2.45) is 0 Å². The molecule has 0 unspecified atom stereocenters. The summed E-state index contributed by atoms with van der Waals surface area (Å²) in [6.07, 6.45) is 4.13. The molecule has 0 atom stereocenters. The maximum atomic E-state index is 10.5. The zero-order chi connectivity index (χ0) is 9.40. The second kappa shape index (κ2) is 6.39. The summed E-state index contributed by atoms with van der Waals surface area (Å²) in [6.45, 7) is 0. The number of allylic oxidation sites excluding steroid dienone is 1. The Morgan fingerprint density at radius 2 is 2.17 bits per heavy atom. The van der Waals surface area contributed by atoms with E-state index in [0.29, 0.717) is 19.3 Å². The fourth-order valence-corrected chi connectivity index (χ4v) is 0.650. The van der Waals surface area contributed by atoms with Gasteiger partial charge in [-0.25, -0.2) is 4.79 Å².